The average Bonchev–Trinajstić information content (AvgIpc) is 2.29. The minimum absolute atomic E-state index is 0.198. The van der Waals surface area contributed by atoms with Crippen molar-refractivity contribution in [3.63, 3.8) is 0 Å². The number of fused-ring (bicyclic) bond motifs is 3. The van der Waals surface area contributed by atoms with Crippen LogP contribution < -0.4 is 15.1 Å². The number of para-hydroxylation sites is 1. The van der Waals surface area contributed by atoms with Gasteiger partial charge in [-0.1, -0.05) is 12.1 Å². The van der Waals surface area contributed by atoms with Crippen LogP contribution in [0, 0.1) is 0 Å². The maximum atomic E-state index is 11.8. The van der Waals surface area contributed by atoms with Gasteiger partial charge in [0.1, 0.15) is 5.58 Å². The summed E-state index contributed by atoms with van der Waals surface area (Å²) >= 11 is 0. The summed E-state index contributed by atoms with van der Waals surface area (Å²) in [4.78, 5) is 11.8. The van der Waals surface area contributed by atoms with Crippen molar-refractivity contribution in [2.24, 2.45) is 0 Å². The predicted molar refractivity (Wildman–Crippen MR) is 62.7 cm³/mol. The Morgan fingerprint density at radius 3 is 2.47 bits per heavy atom. The molecule has 17 heavy (non-hydrogen) atoms. The van der Waals surface area contributed by atoms with Crippen molar-refractivity contribution >= 4 is 11.0 Å². The van der Waals surface area contributed by atoms with E-state index >= 15 is 0 Å². The zero-order valence-corrected chi connectivity index (χ0v) is 9.27. The first-order valence-corrected chi connectivity index (χ1v) is 5.68. The standard InChI is InChI=1S/C13H12O4/c14-13-12-11(15-7-3-4-8-16-12)9-5-1-2-6-10(9)17-13/h1-2,5-6H,3-4,7-8H2. The second-order valence-electron chi connectivity index (χ2n) is 3.95. The van der Waals surface area contributed by atoms with Gasteiger partial charge in [0.05, 0.1) is 18.6 Å². The predicted octanol–water partition coefficient (Wildman–Crippen LogP) is 2.34. The Bertz CT molecular complexity index is 600. The Kier molecular flexibility index (Phi) is 2.48. The molecule has 0 fully saturated rings. The van der Waals surface area contributed by atoms with E-state index in [0.29, 0.717) is 24.5 Å². The number of benzene rings is 1. The van der Waals surface area contributed by atoms with Crippen LogP contribution in [0.3, 0.4) is 0 Å². The molecule has 0 spiro atoms. The average molecular weight is 232 g/mol. The molecule has 4 nitrogen and oxygen atoms in total. The van der Waals surface area contributed by atoms with Crippen LogP contribution in [0.1, 0.15) is 12.8 Å². The van der Waals surface area contributed by atoms with Crippen molar-refractivity contribution in [3.05, 3.63) is 34.7 Å². The van der Waals surface area contributed by atoms with Gasteiger partial charge in [-0.25, -0.2) is 4.79 Å². The van der Waals surface area contributed by atoms with E-state index in [1.807, 2.05) is 18.2 Å². The molecule has 4 heteroatoms. The van der Waals surface area contributed by atoms with Gasteiger partial charge in [0.15, 0.2) is 5.75 Å². The lowest BCUT2D eigenvalue weighted by Crippen LogP contribution is -2.15. The van der Waals surface area contributed by atoms with E-state index in [9.17, 15) is 4.79 Å². The van der Waals surface area contributed by atoms with E-state index < -0.39 is 5.63 Å². The summed E-state index contributed by atoms with van der Waals surface area (Å²) in [6.07, 6.45) is 1.81. The van der Waals surface area contributed by atoms with E-state index in [-0.39, 0.29) is 5.75 Å². The van der Waals surface area contributed by atoms with Crippen LogP contribution in [-0.4, -0.2) is 13.2 Å². The Hall–Kier alpha value is -1.97. The molecule has 0 saturated carbocycles. The summed E-state index contributed by atoms with van der Waals surface area (Å²) in [5, 5.41) is 0.781. The minimum atomic E-state index is -0.472. The summed E-state index contributed by atoms with van der Waals surface area (Å²) in [5.74, 6) is 0.708. The fourth-order valence-electron chi connectivity index (χ4n) is 1.92. The highest BCUT2D eigenvalue weighted by atomic mass is 16.5. The van der Waals surface area contributed by atoms with Gasteiger partial charge < -0.3 is 13.9 Å². The normalized spacial score (nSPS) is 15.3. The Labute approximate surface area is 97.8 Å². The second-order valence-corrected chi connectivity index (χ2v) is 3.95. The lowest BCUT2D eigenvalue weighted by atomic mass is 10.2. The summed E-state index contributed by atoms with van der Waals surface area (Å²) in [6, 6.07) is 7.31. The van der Waals surface area contributed by atoms with E-state index in [1.54, 1.807) is 6.07 Å². The molecule has 0 saturated heterocycles. The highest BCUT2D eigenvalue weighted by Gasteiger charge is 2.18. The van der Waals surface area contributed by atoms with Crippen molar-refractivity contribution < 1.29 is 13.9 Å². The Balaban J connectivity index is 2.29. The van der Waals surface area contributed by atoms with Crippen LogP contribution >= 0.6 is 0 Å². The van der Waals surface area contributed by atoms with Gasteiger partial charge >= 0.3 is 5.63 Å². The van der Waals surface area contributed by atoms with Crippen LogP contribution in [0.25, 0.3) is 11.0 Å². The van der Waals surface area contributed by atoms with Gasteiger partial charge in [0, 0.05) is 0 Å². The SMILES string of the molecule is O=c1oc2ccccc2c2c1OCCCCO2. The number of hydrogen-bond donors (Lipinski definition) is 0. The zero-order chi connectivity index (χ0) is 11.7. The molecular weight excluding hydrogens is 220 g/mol. The monoisotopic (exact) mass is 232 g/mol. The molecule has 0 N–H and O–H groups in total. The molecule has 1 aromatic heterocycles. The largest absolute Gasteiger partial charge is 0.489 e. The Morgan fingerprint density at radius 2 is 1.65 bits per heavy atom. The molecule has 1 aliphatic rings. The number of rotatable bonds is 0. The molecule has 1 aromatic carbocycles. The van der Waals surface area contributed by atoms with Gasteiger partial charge in [-0.05, 0) is 25.0 Å². The van der Waals surface area contributed by atoms with E-state index in [0.717, 1.165) is 18.2 Å². The summed E-state index contributed by atoms with van der Waals surface area (Å²) in [6.45, 7) is 1.13. The topological polar surface area (TPSA) is 48.7 Å². The fraction of sp³-hybridized carbons (Fsp3) is 0.308. The smallest absolute Gasteiger partial charge is 0.383 e. The highest BCUT2D eigenvalue weighted by Crippen LogP contribution is 2.33. The highest BCUT2D eigenvalue weighted by molar-refractivity contribution is 5.85. The zero-order valence-electron chi connectivity index (χ0n) is 9.27. The maximum absolute atomic E-state index is 11.8. The van der Waals surface area contributed by atoms with Gasteiger partial charge in [-0.15, -0.1) is 0 Å². The molecule has 1 aliphatic heterocycles. The van der Waals surface area contributed by atoms with Crippen LogP contribution in [-0.2, 0) is 0 Å². The van der Waals surface area contributed by atoms with Crippen molar-refractivity contribution in [1.29, 1.82) is 0 Å². The number of hydrogen-bond acceptors (Lipinski definition) is 4. The van der Waals surface area contributed by atoms with Gasteiger partial charge in [-0.3, -0.25) is 0 Å². The van der Waals surface area contributed by atoms with E-state index in [4.69, 9.17) is 13.9 Å². The lowest BCUT2D eigenvalue weighted by Gasteiger charge is -2.16. The molecule has 0 unspecified atom stereocenters. The lowest BCUT2D eigenvalue weighted by molar-refractivity contribution is 0.217. The molecule has 0 bridgehead atoms. The van der Waals surface area contributed by atoms with E-state index in [2.05, 4.69) is 0 Å². The quantitative estimate of drug-likeness (QED) is 0.654. The van der Waals surface area contributed by atoms with E-state index in [1.165, 1.54) is 0 Å². The second kappa shape index (κ2) is 4.13. The molecule has 0 amide bonds. The molecular formula is C13H12O4. The van der Waals surface area contributed by atoms with Crippen LogP contribution in [0.2, 0.25) is 0 Å². The van der Waals surface area contributed by atoms with Gasteiger partial charge in [0.2, 0.25) is 5.75 Å². The first-order chi connectivity index (χ1) is 8.36. The molecule has 88 valence electrons. The fourth-order valence-corrected chi connectivity index (χ4v) is 1.92. The molecule has 0 atom stereocenters. The molecule has 3 rings (SSSR count). The third-order valence-electron chi connectivity index (χ3n) is 2.76. The van der Waals surface area contributed by atoms with Crippen molar-refractivity contribution in [3.8, 4) is 11.5 Å². The summed E-state index contributed by atoms with van der Waals surface area (Å²) in [5.41, 5.74) is 0.0565. The van der Waals surface area contributed by atoms with Crippen LogP contribution in [0.15, 0.2) is 33.5 Å². The van der Waals surface area contributed by atoms with Gasteiger partial charge in [0.25, 0.3) is 0 Å². The summed E-state index contributed by atoms with van der Waals surface area (Å²) in [7, 11) is 0. The van der Waals surface area contributed by atoms with Gasteiger partial charge in [-0.2, -0.15) is 0 Å². The summed E-state index contributed by atoms with van der Waals surface area (Å²) < 4.78 is 16.3. The molecule has 0 aliphatic carbocycles. The third-order valence-corrected chi connectivity index (χ3v) is 2.76. The van der Waals surface area contributed by atoms with Crippen molar-refractivity contribution in [2.75, 3.05) is 13.2 Å². The minimum Gasteiger partial charge on any atom is -0.489 e. The van der Waals surface area contributed by atoms with Crippen LogP contribution in [0.5, 0.6) is 11.5 Å². The maximum Gasteiger partial charge on any atom is 0.383 e. The third kappa shape index (κ3) is 1.75. The molecule has 0 radical (unpaired) electrons. The first-order valence-electron chi connectivity index (χ1n) is 5.68. The first kappa shape index (κ1) is 10.2. The number of ether oxygens (including phenoxy) is 2. The molecule has 2 aromatic rings. The Morgan fingerprint density at radius 1 is 0.941 bits per heavy atom. The van der Waals surface area contributed by atoms with Crippen molar-refractivity contribution in [2.45, 2.75) is 12.8 Å². The van der Waals surface area contributed by atoms with Crippen molar-refractivity contribution in [1.82, 2.24) is 0 Å². The molecule has 2 heterocycles. The van der Waals surface area contributed by atoms with Crippen LogP contribution in [0.4, 0.5) is 0 Å².